The first-order valence-electron chi connectivity index (χ1n) is 8.63. The molecular formula is C20H20FN3O4. The lowest BCUT2D eigenvalue weighted by Gasteiger charge is -2.19. The molecule has 0 atom stereocenters. The number of nitrogens with zero attached hydrogens (tertiary/aromatic N) is 3. The van der Waals surface area contributed by atoms with Crippen LogP contribution in [0.25, 0.3) is 10.9 Å². The topological polar surface area (TPSA) is 83.3 Å². The van der Waals surface area contributed by atoms with Gasteiger partial charge in [-0.1, -0.05) is 0 Å². The number of hydrogen-bond acceptors (Lipinski definition) is 6. The summed E-state index contributed by atoms with van der Waals surface area (Å²) in [6, 6.07) is 5.03. The normalized spacial score (nSPS) is 11.5. The fourth-order valence-electron chi connectivity index (χ4n) is 2.72. The molecule has 0 saturated carbocycles. The van der Waals surface area contributed by atoms with Crippen LogP contribution >= 0.6 is 0 Å². The second kappa shape index (κ2) is 7.38. The van der Waals surface area contributed by atoms with Crippen molar-refractivity contribution in [2.24, 2.45) is 0 Å². The van der Waals surface area contributed by atoms with Crippen molar-refractivity contribution >= 4 is 22.7 Å². The summed E-state index contributed by atoms with van der Waals surface area (Å²) in [6.07, 6.45) is 3.62. The zero-order chi connectivity index (χ0) is 20.5. The third-order valence-corrected chi connectivity index (χ3v) is 3.76. The molecule has 8 heteroatoms. The van der Waals surface area contributed by atoms with Gasteiger partial charge in [0.05, 0.1) is 12.4 Å². The largest absolute Gasteiger partial charge is 0.459 e. The molecule has 3 rings (SSSR count). The van der Waals surface area contributed by atoms with Crippen LogP contribution in [0.2, 0.25) is 0 Å². The van der Waals surface area contributed by atoms with Crippen LogP contribution in [-0.2, 0) is 16.1 Å². The second-order valence-corrected chi connectivity index (χ2v) is 7.28. The number of esters is 1. The van der Waals surface area contributed by atoms with Gasteiger partial charge in [0.1, 0.15) is 17.9 Å². The predicted molar refractivity (Wildman–Crippen MR) is 99.9 cm³/mol. The molecule has 146 valence electrons. The number of hydrogen-bond donors (Lipinski definition) is 0. The Labute approximate surface area is 161 Å². The number of benzene rings is 1. The lowest BCUT2D eigenvalue weighted by molar-refractivity contribution is -0.155. The summed E-state index contributed by atoms with van der Waals surface area (Å²) in [5, 5.41) is 0.621. The van der Waals surface area contributed by atoms with Crippen LogP contribution in [-0.4, -0.2) is 31.9 Å². The summed E-state index contributed by atoms with van der Waals surface area (Å²) in [5.74, 6) is -0.736. The number of halogens is 1. The van der Waals surface area contributed by atoms with E-state index in [0.29, 0.717) is 22.2 Å². The highest BCUT2D eigenvalue weighted by atomic mass is 19.1. The van der Waals surface area contributed by atoms with Crippen molar-refractivity contribution in [2.75, 3.05) is 0 Å². The van der Waals surface area contributed by atoms with Gasteiger partial charge in [-0.2, -0.15) is 0 Å². The smallest absolute Gasteiger partial charge is 0.326 e. The molecule has 0 aliphatic carbocycles. The van der Waals surface area contributed by atoms with Gasteiger partial charge >= 0.3 is 12.0 Å². The van der Waals surface area contributed by atoms with E-state index in [9.17, 15) is 14.0 Å². The molecule has 0 spiro atoms. The standard InChI is InChI=1S/C20H20FN3O4/c1-12(25)16-10-24(11-18(26)28-20(2,3)4)17-6-5-14(7-15(16)17)27-19-22-8-13(21)9-23-19/h5-10H,11H2,1-4H3. The Morgan fingerprint density at radius 1 is 1.18 bits per heavy atom. The van der Waals surface area contributed by atoms with E-state index in [2.05, 4.69) is 9.97 Å². The van der Waals surface area contributed by atoms with Gasteiger partial charge in [0.2, 0.25) is 0 Å². The lowest BCUT2D eigenvalue weighted by Crippen LogP contribution is -2.26. The van der Waals surface area contributed by atoms with E-state index in [-0.39, 0.29) is 18.3 Å². The number of carbonyl (C=O) groups is 2. The predicted octanol–water partition coefficient (Wildman–Crippen LogP) is 3.91. The molecule has 1 aromatic carbocycles. The molecular weight excluding hydrogens is 365 g/mol. The molecule has 0 unspecified atom stereocenters. The van der Waals surface area contributed by atoms with Crippen LogP contribution in [0.1, 0.15) is 38.1 Å². The van der Waals surface area contributed by atoms with E-state index in [1.54, 1.807) is 49.7 Å². The van der Waals surface area contributed by atoms with Gasteiger partial charge in [-0.05, 0) is 45.9 Å². The highest BCUT2D eigenvalue weighted by molar-refractivity contribution is 6.07. The third kappa shape index (κ3) is 4.51. The van der Waals surface area contributed by atoms with E-state index in [4.69, 9.17) is 9.47 Å². The Kier molecular flexibility index (Phi) is 5.13. The van der Waals surface area contributed by atoms with Crippen molar-refractivity contribution in [1.82, 2.24) is 14.5 Å². The van der Waals surface area contributed by atoms with E-state index in [1.807, 2.05) is 0 Å². The van der Waals surface area contributed by atoms with E-state index >= 15 is 0 Å². The monoisotopic (exact) mass is 385 g/mol. The first-order chi connectivity index (χ1) is 13.1. The molecule has 0 bridgehead atoms. The third-order valence-electron chi connectivity index (χ3n) is 3.76. The number of fused-ring (bicyclic) bond motifs is 1. The van der Waals surface area contributed by atoms with Crippen LogP contribution < -0.4 is 4.74 Å². The average Bonchev–Trinajstić information content (AvgIpc) is 2.93. The van der Waals surface area contributed by atoms with Crippen LogP contribution in [0.3, 0.4) is 0 Å². The quantitative estimate of drug-likeness (QED) is 0.489. The van der Waals surface area contributed by atoms with Crippen molar-refractivity contribution in [2.45, 2.75) is 39.8 Å². The Balaban J connectivity index is 1.93. The zero-order valence-corrected chi connectivity index (χ0v) is 16.0. The number of ketones is 1. The number of rotatable bonds is 5. The zero-order valence-electron chi connectivity index (χ0n) is 16.0. The molecule has 28 heavy (non-hydrogen) atoms. The van der Waals surface area contributed by atoms with Crippen molar-refractivity contribution < 1.29 is 23.5 Å². The summed E-state index contributed by atoms with van der Waals surface area (Å²) < 4.78 is 25.5. The maximum absolute atomic E-state index is 12.9. The summed E-state index contributed by atoms with van der Waals surface area (Å²) >= 11 is 0. The molecule has 2 aromatic heterocycles. The summed E-state index contributed by atoms with van der Waals surface area (Å²) in [5.41, 5.74) is 0.534. The summed E-state index contributed by atoms with van der Waals surface area (Å²) in [7, 11) is 0. The lowest BCUT2D eigenvalue weighted by atomic mass is 10.1. The molecule has 0 radical (unpaired) electrons. The van der Waals surface area contributed by atoms with Gasteiger partial charge in [0.25, 0.3) is 0 Å². The van der Waals surface area contributed by atoms with Crippen molar-refractivity contribution in [1.29, 1.82) is 0 Å². The number of Topliss-reactive ketones (excluding diaryl/α,β-unsaturated/α-hetero) is 1. The summed E-state index contributed by atoms with van der Waals surface area (Å²) in [4.78, 5) is 31.7. The average molecular weight is 385 g/mol. The Hall–Kier alpha value is -3.29. The van der Waals surface area contributed by atoms with Gasteiger partial charge in [-0.3, -0.25) is 9.59 Å². The highest BCUT2D eigenvalue weighted by Crippen LogP contribution is 2.28. The number of aromatic nitrogens is 3. The SMILES string of the molecule is CC(=O)c1cn(CC(=O)OC(C)(C)C)c2ccc(Oc3ncc(F)cn3)cc12. The molecule has 7 nitrogen and oxygen atoms in total. The summed E-state index contributed by atoms with van der Waals surface area (Å²) in [6.45, 7) is 6.80. The minimum atomic E-state index is -0.598. The van der Waals surface area contributed by atoms with Crippen molar-refractivity contribution in [3.63, 3.8) is 0 Å². The minimum Gasteiger partial charge on any atom is -0.459 e. The van der Waals surface area contributed by atoms with E-state index in [0.717, 1.165) is 12.4 Å². The maximum Gasteiger partial charge on any atom is 0.326 e. The fraction of sp³-hybridized carbons (Fsp3) is 0.300. The Bertz CT molecular complexity index is 1040. The molecule has 3 aromatic rings. The van der Waals surface area contributed by atoms with Gasteiger partial charge in [0, 0.05) is 22.7 Å². The number of ether oxygens (including phenoxy) is 2. The Morgan fingerprint density at radius 2 is 1.86 bits per heavy atom. The maximum atomic E-state index is 12.9. The molecule has 0 N–H and O–H groups in total. The molecule has 2 heterocycles. The fourth-order valence-corrected chi connectivity index (χ4v) is 2.72. The molecule has 0 amide bonds. The highest BCUT2D eigenvalue weighted by Gasteiger charge is 2.19. The van der Waals surface area contributed by atoms with Gasteiger partial charge in [-0.25, -0.2) is 14.4 Å². The second-order valence-electron chi connectivity index (χ2n) is 7.28. The van der Waals surface area contributed by atoms with Crippen LogP contribution in [0.15, 0.2) is 36.8 Å². The van der Waals surface area contributed by atoms with Gasteiger partial charge in [-0.15, -0.1) is 0 Å². The van der Waals surface area contributed by atoms with Crippen molar-refractivity contribution in [3.05, 3.63) is 48.2 Å². The van der Waals surface area contributed by atoms with Crippen LogP contribution in [0.5, 0.6) is 11.8 Å². The molecule has 0 aliphatic heterocycles. The molecule has 0 fully saturated rings. The van der Waals surface area contributed by atoms with Crippen LogP contribution in [0, 0.1) is 5.82 Å². The number of carbonyl (C=O) groups excluding carboxylic acids is 2. The Morgan fingerprint density at radius 3 is 2.46 bits per heavy atom. The van der Waals surface area contributed by atoms with Crippen molar-refractivity contribution in [3.8, 4) is 11.8 Å². The van der Waals surface area contributed by atoms with Crippen LogP contribution in [0.4, 0.5) is 4.39 Å². The van der Waals surface area contributed by atoms with Gasteiger partial charge in [0.15, 0.2) is 11.6 Å². The first kappa shape index (κ1) is 19.5. The first-order valence-corrected chi connectivity index (χ1v) is 8.63. The minimum absolute atomic E-state index is 0.0155. The molecule has 0 aliphatic rings. The van der Waals surface area contributed by atoms with E-state index in [1.165, 1.54) is 6.92 Å². The van der Waals surface area contributed by atoms with Gasteiger partial charge < -0.3 is 14.0 Å². The van der Waals surface area contributed by atoms with E-state index < -0.39 is 17.4 Å². The molecule has 0 saturated heterocycles.